The Kier molecular flexibility index (Phi) is 5.44. The number of halogens is 1. The van der Waals surface area contributed by atoms with Gasteiger partial charge in [0.05, 0.1) is 0 Å². The van der Waals surface area contributed by atoms with E-state index in [1.807, 2.05) is 0 Å². The number of carbonyl (C=O) groups excluding carboxylic acids is 1. The number of tetrazole rings is 1. The largest absolute Gasteiger partial charge is 0.386 e. The molecule has 0 saturated heterocycles. The summed E-state index contributed by atoms with van der Waals surface area (Å²) in [6.07, 6.45) is 10.9. The second kappa shape index (κ2) is 7.95. The molecule has 1 aromatic heterocycles. The molecule has 0 aromatic carbocycles. The first-order valence-electron chi connectivity index (χ1n) is 12.1. The molecule has 1 heterocycles. The van der Waals surface area contributed by atoms with Crippen LogP contribution in [0.5, 0.6) is 0 Å². The van der Waals surface area contributed by atoms with E-state index >= 15 is 0 Å². The van der Waals surface area contributed by atoms with Crippen molar-refractivity contribution in [1.29, 1.82) is 0 Å². The van der Waals surface area contributed by atoms with Crippen molar-refractivity contribution in [3.63, 3.8) is 0 Å². The van der Waals surface area contributed by atoms with Gasteiger partial charge in [0.15, 0.2) is 12.1 Å². The number of fused-ring (bicyclic) bond motifs is 3. The lowest BCUT2D eigenvalue weighted by Crippen LogP contribution is -2.42. The maximum atomic E-state index is 14.4. The van der Waals surface area contributed by atoms with Crippen molar-refractivity contribution in [2.45, 2.75) is 89.4 Å². The first-order chi connectivity index (χ1) is 14.5. The summed E-state index contributed by atoms with van der Waals surface area (Å²) in [6, 6.07) is 0. The summed E-state index contributed by atoms with van der Waals surface area (Å²) < 4.78 is 14.4. The van der Waals surface area contributed by atoms with Gasteiger partial charge >= 0.3 is 0 Å². The minimum atomic E-state index is -0.996. The Morgan fingerprint density at radius 3 is 2.80 bits per heavy atom. The number of unbranched alkanes of at least 4 members (excludes halogenated alkanes) is 1. The second-order valence-electron chi connectivity index (χ2n) is 10.5. The third-order valence-corrected chi connectivity index (χ3v) is 9.20. The molecule has 5 rings (SSSR count). The highest BCUT2D eigenvalue weighted by atomic mass is 19.1. The molecule has 0 spiro atoms. The topological polar surface area (TPSA) is 80.9 Å². The Hall–Kier alpha value is -1.37. The summed E-state index contributed by atoms with van der Waals surface area (Å²) in [7, 11) is 0. The number of rotatable bonds is 7. The van der Waals surface area contributed by atoms with Crippen LogP contribution < -0.4 is 0 Å². The van der Waals surface area contributed by atoms with E-state index in [-0.39, 0.29) is 24.2 Å². The lowest BCUT2D eigenvalue weighted by molar-refractivity contribution is -0.123. The van der Waals surface area contributed by atoms with Crippen LogP contribution >= 0.6 is 0 Å². The standard InChI is InChI=1S/C23H35FN4O2/c1-2-3-4-17-16(7-8-19-18(17)9-10-23(30)21(19)22(23)24)14-5-6-15(11-14)20(29)12-28-26-13-25-27-28/h13-19,21-22,30H,2-12H2,1H3/t14-,15+,16+,17+,18-,19-,21?,22?,23-/m1/s1. The van der Waals surface area contributed by atoms with Crippen LogP contribution in [0.3, 0.4) is 0 Å². The van der Waals surface area contributed by atoms with Gasteiger partial charge in [-0.3, -0.25) is 4.79 Å². The SMILES string of the molecule is CCCC[C@@H]1[C@H]2CC[C@]3(O)C(F)C3[C@@H]2CC[C@H]1[C@@H]1CC[C@H](C(=O)Cn2ncnn2)C1. The monoisotopic (exact) mass is 418 g/mol. The number of carbonyl (C=O) groups is 1. The van der Waals surface area contributed by atoms with E-state index in [2.05, 4.69) is 22.3 Å². The molecule has 30 heavy (non-hydrogen) atoms. The highest BCUT2D eigenvalue weighted by Crippen LogP contribution is 2.65. The van der Waals surface area contributed by atoms with Crippen molar-refractivity contribution in [3.8, 4) is 0 Å². The highest BCUT2D eigenvalue weighted by Gasteiger charge is 2.71. The van der Waals surface area contributed by atoms with E-state index in [0.29, 0.717) is 36.0 Å². The van der Waals surface area contributed by atoms with Gasteiger partial charge in [0.2, 0.25) is 0 Å². The molecule has 9 atom stereocenters. The Morgan fingerprint density at radius 1 is 1.20 bits per heavy atom. The van der Waals surface area contributed by atoms with Crippen molar-refractivity contribution in [2.24, 2.45) is 41.4 Å². The first-order valence-corrected chi connectivity index (χ1v) is 12.1. The average molecular weight is 419 g/mol. The predicted molar refractivity (Wildman–Crippen MR) is 109 cm³/mol. The lowest BCUT2D eigenvalue weighted by atomic mass is 9.57. The molecule has 4 aliphatic carbocycles. The van der Waals surface area contributed by atoms with Crippen LogP contribution in [-0.2, 0) is 11.3 Å². The van der Waals surface area contributed by atoms with Crippen molar-refractivity contribution in [2.75, 3.05) is 0 Å². The third kappa shape index (κ3) is 3.41. The summed E-state index contributed by atoms with van der Waals surface area (Å²) in [4.78, 5) is 14.1. The molecule has 6 nitrogen and oxygen atoms in total. The van der Waals surface area contributed by atoms with Gasteiger partial charge in [0.1, 0.15) is 18.3 Å². The second-order valence-corrected chi connectivity index (χ2v) is 10.5. The van der Waals surface area contributed by atoms with Crippen LogP contribution in [0.4, 0.5) is 4.39 Å². The smallest absolute Gasteiger partial charge is 0.162 e. The first kappa shape index (κ1) is 20.5. The fourth-order valence-electron chi connectivity index (χ4n) is 7.70. The lowest BCUT2D eigenvalue weighted by Gasteiger charge is -2.48. The van der Waals surface area contributed by atoms with E-state index in [0.717, 1.165) is 38.5 Å². The van der Waals surface area contributed by atoms with Gasteiger partial charge in [0, 0.05) is 11.8 Å². The van der Waals surface area contributed by atoms with E-state index in [4.69, 9.17) is 0 Å². The van der Waals surface area contributed by atoms with Gasteiger partial charge in [-0.15, -0.1) is 10.2 Å². The molecule has 2 unspecified atom stereocenters. The zero-order valence-corrected chi connectivity index (χ0v) is 18.0. The number of nitrogens with zero attached hydrogens (tertiary/aromatic N) is 4. The minimum Gasteiger partial charge on any atom is -0.386 e. The number of hydrogen-bond acceptors (Lipinski definition) is 5. The predicted octanol–water partition coefficient (Wildman–Crippen LogP) is 3.60. The van der Waals surface area contributed by atoms with E-state index < -0.39 is 11.8 Å². The van der Waals surface area contributed by atoms with Gasteiger partial charge < -0.3 is 5.11 Å². The molecule has 166 valence electrons. The normalized spacial score (nSPS) is 45.0. The van der Waals surface area contributed by atoms with Crippen molar-refractivity contribution in [1.82, 2.24) is 20.2 Å². The van der Waals surface area contributed by atoms with Gasteiger partial charge in [-0.1, -0.05) is 19.8 Å². The fourth-order valence-corrected chi connectivity index (χ4v) is 7.70. The molecule has 0 amide bonds. The molecular formula is C23H35FN4O2. The number of aliphatic hydroxyl groups is 1. The Balaban J connectivity index is 1.26. The van der Waals surface area contributed by atoms with Gasteiger partial charge in [-0.2, -0.15) is 4.80 Å². The number of aromatic nitrogens is 4. The Labute approximate surface area is 178 Å². The van der Waals surface area contributed by atoms with Crippen molar-refractivity contribution < 1.29 is 14.3 Å². The van der Waals surface area contributed by atoms with Crippen LogP contribution in [0.2, 0.25) is 0 Å². The maximum Gasteiger partial charge on any atom is 0.162 e. The molecule has 1 N–H and O–H groups in total. The fraction of sp³-hybridized carbons (Fsp3) is 0.913. The molecule has 4 aliphatic rings. The molecule has 4 fully saturated rings. The summed E-state index contributed by atoms with van der Waals surface area (Å²) in [6.45, 7) is 2.47. The van der Waals surface area contributed by atoms with Crippen molar-refractivity contribution in [3.05, 3.63) is 6.33 Å². The third-order valence-electron chi connectivity index (χ3n) is 9.20. The summed E-state index contributed by atoms with van der Waals surface area (Å²) in [5, 5.41) is 22.1. The van der Waals surface area contributed by atoms with E-state index in [1.54, 1.807) is 0 Å². The molecule has 0 radical (unpaired) electrons. The quantitative estimate of drug-likeness (QED) is 0.732. The van der Waals surface area contributed by atoms with Crippen LogP contribution in [0, 0.1) is 41.4 Å². The number of ketones is 1. The summed E-state index contributed by atoms with van der Waals surface area (Å²) >= 11 is 0. The Morgan fingerprint density at radius 2 is 2.03 bits per heavy atom. The minimum absolute atomic E-state index is 0.102. The van der Waals surface area contributed by atoms with Crippen LogP contribution in [-0.4, -0.2) is 42.9 Å². The highest BCUT2D eigenvalue weighted by molar-refractivity contribution is 5.80. The maximum absolute atomic E-state index is 14.4. The number of alkyl halides is 1. The van der Waals surface area contributed by atoms with Gasteiger partial charge in [0.25, 0.3) is 0 Å². The van der Waals surface area contributed by atoms with Gasteiger partial charge in [-0.05, 0) is 86.2 Å². The van der Waals surface area contributed by atoms with E-state index in [9.17, 15) is 14.3 Å². The van der Waals surface area contributed by atoms with Crippen molar-refractivity contribution >= 4 is 5.78 Å². The molecule has 0 aliphatic heterocycles. The number of Topliss-reactive ketones (excluding diaryl/α,β-unsaturated/α-hetero) is 1. The van der Waals surface area contributed by atoms with Crippen LogP contribution in [0.15, 0.2) is 6.33 Å². The zero-order valence-electron chi connectivity index (χ0n) is 18.0. The average Bonchev–Trinajstić information content (AvgIpc) is 3.20. The summed E-state index contributed by atoms with van der Waals surface area (Å²) in [5.41, 5.74) is -0.996. The number of hydrogen-bond donors (Lipinski definition) is 1. The van der Waals surface area contributed by atoms with Crippen LogP contribution in [0.1, 0.15) is 71.1 Å². The molecule has 1 aromatic rings. The Bertz CT molecular complexity index is 758. The van der Waals surface area contributed by atoms with Crippen LogP contribution in [0.25, 0.3) is 0 Å². The zero-order chi connectivity index (χ0) is 20.9. The van der Waals surface area contributed by atoms with Gasteiger partial charge in [-0.25, -0.2) is 4.39 Å². The molecule has 0 bridgehead atoms. The molecular weight excluding hydrogens is 383 g/mol. The molecule has 7 heteroatoms. The molecule has 4 saturated carbocycles. The summed E-state index contributed by atoms with van der Waals surface area (Å²) in [5.74, 6) is 3.07. The van der Waals surface area contributed by atoms with E-state index in [1.165, 1.54) is 30.4 Å².